The topological polar surface area (TPSA) is 63.2 Å². The molecule has 26 heavy (non-hydrogen) atoms. The van der Waals surface area contributed by atoms with Gasteiger partial charge in [0.25, 0.3) is 5.91 Å². The largest absolute Gasteiger partial charge is 0.497 e. The number of carbonyl (C=O) groups excluding carboxylic acids is 1. The maximum Gasteiger partial charge on any atom is 0.274 e. The predicted octanol–water partition coefficient (Wildman–Crippen LogP) is 4.09. The van der Waals surface area contributed by atoms with E-state index in [9.17, 15) is 9.18 Å². The second kappa shape index (κ2) is 8.11. The second-order valence-electron chi connectivity index (χ2n) is 5.56. The number of methoxy groups -OCH3 is 1. The lowest BCUT2D eigenvalue weighted by molar-refractivity contribution is 0.102. The van der Waals surface area contributed by atoms with Crippen LogP contribution in [-0.4, -0.2) is 18.0 Å². The number of halogens is 1. The number of nitrogens with zero attached hydrogens (tertiary/aromatic N) is 1. The van der Waals surface area contributed by atoms with Crippen LogP contribution in [0.25, 0.3) is 0 Å². The number of nitrogens with one attached hydrogen (secondary N) is 2. The molecule has 0 spiro atoms. The van der Waals surface area contributed by atoms with E-state index in [4.69, 9.17) is 4.74 Å². The molecule has 3 rings (SSSR count). The van der Waals surface area contributed by atoms with Crippen LogP contribution in [0.2, 0.25) is 0 Å². The zero-order valence-electron chi connectivity index (χ0n) is 14.2. The summed E-state index contributed by atoms with van der Waals surface area (Å²) >= 11 is 0. The Balaban J connectivity index is 1.59. The highest BCUT2D eigenvalue weighted by atomic mass is 19.1. The molecule has 132 valence electrons. The minimum absolute atomic E-state index is 0.261. The molecule has 5 nitrogen and oxygen atoms in total. The fraction of sp³-hybridized carbons (Fsp3) is 0.100. The maximum absolute atomic E-state index is 13.6. The summed E-state index contributed by atoms with van der Waals surface area (Å²) in [5.41, 5.74) is 2.21. The number of ether oxygens (including phenoxy) is 1. The zero-order chi connectivity index (χ0) is 18.4. The number of anilines is 2. The van der Waals surface area contributed by atoms with Gasteiger partial charge in [0.2, 0.25) is 0 Å². The first-order chi connectivity index (χ1) is 12.7. The van der Waals surface area contributed by atoms with Gasteiger partial charge in [0.05, 0.1) is 19.0 Å². The molecule has 1 amide bonds. The summed E-state index contributed by atoms with van der Waals surface area (Å²) in [7, 11) is 1.58. The number of hydrogen-bond acceptors (Lipinski definition) is 4. The van der Waals surface area contributed by atoms with Crippen molar-refractivity contribution >= 4 is 17.3 Å². The van der Waals surface area contributed by atoms with Gasteiger partial charge >= 0.3 is 0 Å². The minimum atomic E-state index is -0.309. The van der Waals surface area contributed by atoms with Gasteiger partial charge in [-0.3, -0.25) is 4.79 Å². The maximum atomic E-state index is 13.6. The summed E-state index contributed by atoms with van der Waals surface area (Å²) in [5, 5.41) is 5.85. The van der Waals surface area contributed by atoms with Crippen LogP contribution in [0.4, 0.5) is 15.8 Å². The number of aromatic nitrogens is 1. The van der Waals surface area contributed by atoms with Crippen molar-refractivity contribution in [1.82, 2.24) is 4.98 Å². The third kappa shape index (κ3) is 4.36. The Morgan fingerprint density at radius 2 is 1.77 bits per heavy atom. The van der Waals surface area contributed by atoms with Gasteiger partial charge in [-0.2, -0.15) is 0 Å². The van der Waals surface area contributed by atoms with Crippen molar-refractivity contribution in [1.29, 1.82) is 0 Å². The van der Waals surface area contributed by atoms with Gasteiger partial charge in [-0.1, -0.05) is 18.2 Å². The first-order valence-corrected chi connectivity index (χ1v) is 8.04. The Morgan fingerprint density at radius 1 is 1.04 bits per heavy atom. The van der Waals surface area contributed by atoms with Gasteiger partial charge < -0.3 is 15.4 Å². The lowest BCUT2D eigenvalue weighted by Crippen LogP contribution is -2.13. The Hall–Kier alpha value is -3.41. The molecular weight excluding hydrogens is 333 g/mol. The highest BCUT2D eigenvalue weighted by molar-refractivity contribution is 6.02. The van der Waals surface area contributed by atoms with E-state index in [1.54, 1.807) is 67.9 Å². The Bertz CT molecular complexity index is 880. The molecule has 2 aromatic carbocycles. The van der Waals surface area contributed by atoms with Gasteiger partial charge in [-0.15, -0.1) is 0 Å². The molecule has 0 bridgehead atoms. The molecule has 0 fully saturated rings. The van der Waals surface area contributed by atoms with Crippen LogP contribution in [0.3, 0.4) is 0 Å². The average molecular weight is 351 g/mol. The molecule has 0 saturated heterocycles. The number of rotatable bonds is 6. The summed E-state index contributed by atoms with van der Waals surface area (Å²) < 4.78 is 18.7. The number of amides is 1. The van der Waals surface area contributed by atoms with Crippen molar-refractivity contribution in [2.75, 3.05) is 17.7 Å². The van der Waals surface area contributed by atoms with Crippen molar-refractivity contribution in [3.63, 3.8) is 0 Å². The molecule has 0 unspecified atom stereocenters. The van der Waals surface area contributed by atoms with Crippen LogP contribution in [-0.2, 0) is 6.54 Å². The normalized spacial score (nSPS) is 10.2. The fourth-order valence-electron chi connectivity index (χ4n) is 2.34. The molecule has 1 aromatic heterocycles. The van der Waals surface area contributed by atoms with Crippen molar-refractivity contribution < 1.29 is 13.9 Å². The molecule has 0 atom stereocenters. The summed E-state index contributed by atoms with van der Waals surface area (Å²) in [4.78, 5) is 16.4. The summed E-state index contributed by atoms with van der Waals surface area (Å²) in [6.07, 6.45) is 1.55. The second-order valence-corrected chi connectivity index (χ2v) is 5.56. The van der Waals surface area contributed by atoms with Crippen molar-refractivity contribution in [3.8, 4) is 5.75 Å². The van der Waals surface area contributed by atoms with E-state index in [0.717, 1.165) is 0 Å². The van der Waals surface area contributed by atoms with Crippen LogP contribution in [0.5, 0.6) is 5.75 Å². The Kier molecular flexibility index (Phi) is 5.43. The fourth-order valence-corrected chi connectivity index (χ4v) is 2.34. The summed E-state index contributed by atoms with van der Waals surface area (Å²) in [5.74, 6) is 0.144. The van der Waals surface area contributed by atoms with Crippen LogP contribution >= 0.6 is 0 Å². The van der Waals surface area contributed by atoms with Crippen molar-refractivity contribution in [2.45, 2.75) is 6.54 Å². The van der Waals surface area contributed by atoms with Crippen LogP contribution in [0, 0.1) is 5.82 Å². The van der Waals surface area contributed by atoms with Crippen LogP contribution in [0.15, 0.2) is 66.9 Å². The van der Waals surface area contributed by atoms with E-state index in [1.165, 1.54) is 6.07 Å². The quantitative estimate of drug-likeness (QED) is 0.702. The molecule has 1 heterocycles. The minimum Gasteiger partial charge on any atom is -0.497 e. The highest BCUT2D eigenvalue weighted by Gasteiger charge is 2.08. The zero-order valence-corrected chi connectivity index (χ0v) is 14.2. The van der Waals surface area contributed by atoms with E-state index >= 15 is 0 Å². The third-order valence-corrected chi connectivity index (χ3v) is 3.78. The molecule has 0 radical (unpaired) electrons. The lowest BCUT2D eigenvalue weighted by atomic mass is 10.2. The molecule has 0 aliphatic carbocycles. The van der Waals surface area contributed by atoms with Gasteiger partial charge in [-0.05, 0) is 42.5 Å². The van der Waals surface area contributed by atoms with E-state index < -0.39 is 0 Å². The standard InChI is InChI=1S/C20H18FN3O2/c1-26-17-9-6-15(7-10-17)24-20(25)19-11-8-16(13-23-19)22-12-14-4-2-3-5-18(14)21/h2-11,13,22H,12H2,1H3,(H,24,25). The molecule has 6 heteroatoms. The van der Waals surface area contributed by atoms with Crippen LogP contribution < -0.4 is 15.4 Å². The van der Waals surface area contributed by atoms with E-state index in [0.29, 0.717) is 29.2 Å². The van der Waals surface area contributed by atoms with E-state index in [-0.39, 0.29) is 17.4 Å². The molecule has 2 N–H and O–H groups in total. The summed E-state index contributed by atoms with van der Waals surface area (Å²) in [6.45, 7) is 0.339. The Labute approximate surface area is 150 Å². The summed E-state index contributed by atoms with van der Waals surface area (Å²) in [6, 6.07) is 16.9. The highest BCUT2D eigenvalue weighted by Crippen LogP contribution is 2.16. The van der Waals surface area contributed by atoms with Gasteiger partial charge in [0.1, 0.15) is 17.3 Å². The SMILES string of the molecule is COc1ccc(NC(=O)c2ccc(NCc3ccccc3F)cn2)cc1. The number of carbonyl (C=O) groups is 1. The number of benzene rings is 2. The number of hydrogen-bond donors (Lipinski definition) is 2. The molecule has 3 aromatic rings. The van der Waals surface area contributed by atoms with Crippen LogP contribution in [0.1, 0.15) is 16.1 Å². The van der Waals surface area contributed by atoms with Gasteiger partial charge in [-0.25, -0.2) is 9.37 Å². The van der Waals surface area contributed by atoms with E-state index in [1.807, 2.05) is 0 Å². The Morgan fingerprint density at radius 3 is 2.42 bits per heavy atom. The lowest BCUT2D eigenvalue weighted by Gasteiger charge is -2.09. The van der Waals surface area contributed by atoms with Crippen molar-refractivity contribution in [2.24, 2.45) is 0 Å². The third-order valence-electron chi connectivity index (χ3n) is 3.78. The monoisotopic (exact) mass is 351 g/mol. The molecule has 0 aliphatic heterocycles. The molecule has 0 saturated carbocycles. The van der Waals surface area contributed by atoms with Gasteiger partial charge in [0, 0.05) is 17.8 Å². The average Bonchev–Trinajstić information content (AvgIpc) is 2.68. The number of pyridine rings is 1. The first-order valence-electron chi connectivity index (χ1n) is 8.04. The smallest absolute Gasteiger partial charge is 0.274 e. The molecular formula is C20H18FN3O2. The predicted molar refractivity (Wildman–Crippen MR) is 98.9 cm³/mol. The van der Waals surface area contributed by atoms with Crippen molar-refractivity contribution in [3.05, 3.63) is 83.9 Å². The molecule has 0 aliphatic rings. The first kappa shape index (κ1) is 17.4. The van der Waals surface area contributed by atoms with E-state index in [2.05, 4.69) is 15.6 Å². The van der Waals surface area contributed by atoms with Gasteiger partial charge in [0.15, 0.2) is 0 Å².